The average Bonchev–Trinajstić information content (AvgIpc) is 3.57. The maximum Gasteiger partial charge on any atom is 0.573 e. The smallest absolute Gasteiger partial charge is 0.406 e. The quantitative estimate of drug-likeness (QED) is 0.746. The van der Waals surface area contributed by atoms with Crippen LogP contribution in [0.5, 0.6) is 5.75 Å². The van der Waals surface area contributed by atoms with Crippen LogP contribution in [0.4, 0.5) is 19.1 Å². The summed E-state index contributed by atoms with van der Waals surface area (Å²) >= 11 is 0. The second-order valence-corrected chi connectivity index (χ2v) is 7.46. The number of hydrogen-bond acceptors (Lipinski definition) is 6. The van der Waals surface area contributed by atoms with Crippen molar-refractivity contribution in [1.29, 1.82) is 0 Å². The molecule has 0 radical (unpaired) electrons. The molecular formula is C20H22F3N5O2. The highest BCUT2D eigenvalue weighted by Crippen LogP contribution is 2.42. The summed E-state index contributed by atoms with van der Waals surface area (Å²) in [6, 6.07) is 4.67. The van der Waals surface area contributed by atoms with Crippen molar-refractivity contribution in [3.63, 3.8) is 0 Å². The Morgan fingerprint density at radius 2 is 2.00 bits per heavy atom. The molecule has 160 valence electrons. The fraction of sp³-hybridized carbons (Fsp3) is 0.450. The Morgan fingerprint density at radius 3 is 2.63 bits per heavy atom. The largest absolute Gasteiger partial charge is 0.573 e. The van der Waals surface area contributed by atoms with Gasteiger partial charge in [0.25, 0.3) is 5.91 Å². The highest BCUT2D eigenvalue weighted by molar-refractivity contribution is 5.93. The molecule has 2 aromatic rings. The molecule has 2 heterocycles. The Bertz CT molecular complexity index is 894. The van der Waals surface area contributed by atoms with E-state index >= 15 is 0 Å². The van der Waals surface area contributed by atoms with Crippen molar-refractivity contribution in [3.8, 4) is 5.75 Å². The zero-order valence-corrected chi connectivity index (χ0v) is 16.2. The Kier molecular flexibility index (Phi) is 5.76. The van der Waals surface area contributed by atoms with Crippen molar-refractivity contribution in [2.24, 2.45) is 0 Å². The first-order valence-electron chi connectivity index (χ1n) is 9.83. The number of halogens is 3. The van der Waals surface area contributed by atoms with Gasteiger partial charge in [0.1, 0.15) is 5.75 Å². The van der Waals surface area contributed by atoms with E-state index in [1.807, 2.05) is 6.07 Å². The Balaban J connectivity index is 1.41. The van der Waals surface area contributed by atoms with E-state index in [9.17, 15) is 18.0 Å². The highest BCUT2D eigenvalue weighted by Gasteiger charge is 2.32. The van der Waals surface area contributed by atoms with E-state index in [0.29, 0.717) is 30.3 Å². The summed E-state index contributed by atoms with van der Waals surface area (Å²) in [7, 11) is 0. The summed E-state index contributed by atoms with van der Waals surface area (Å²) in [4.78, 5) is 22.4. The van der Waals surface area contributed by atoms with Crippen LogP contribution in [0.15, 0.2) is 30.6 Å². The first kappa shape index (κ1) is 20.4. The van der Waals surface area contributed by atoms with Gasteiger partial charge in [0.15, 0.2) is 0 Å². The van der Waals surface area contributed by atoms with Gasteiger partial charge in [-0.2, -0.15) is 0 Å². The standard InChI is InChI=1S/C20H22F3N5O2/c21-20(22,23)30-17-7-13(6-15(8-17)14-2-3-14)9-25-19-26-10-16(11-27-19)18(29)28-5-1-4-24-12-28/h6-8,10-11,14,24H,1-5,9,12H2,(H,25,26,27). The molecule has 0 spiro atoms. The number of nitrogens with zero attached hydrogens (tertiary/aromatic N) is 3. The molecule has 1 aliphatic carbocycles. The minimum atomic E-state index is -4.73. The molecule has 1 aromatic carbocycles. The number of hydrogen-bond donors (Lipinski definition) is 2. The second-order valence-electron chi connectivity index (χ2n) is 7.46. The summed E-state index contributed by atoms with van der Waals surface area (Å²) in [5.41, 5.74) is 1.87. The highest BCUT2D eigenvalue weighted by atomic mass is 19.4. The van der Waals surface area contributed by atoms with Crippen molar-refractivity contribution in [2.45, 2.75) is 38.1 Å². The molecule has 1 saturated carbocycles. The molecule has 2 aliphatic rings. The molecule has 0 bridgehead atoms. The van der Waals surface area contributed by atoms with Gasteiger partial charge in [-0.15, -0.1) is 13.2 Å². The summed E-state index contributed by atoms with van der Waals surface area (Å²) in [6.07, 6.45) is 0.992. The van der Waals surface area contributed by atoms with Crippen LogP contribution in [-0.4, -0.2) is 46.9 Å². The Hall–Kier alpha value is -2.88. The molecular weight excluding hydrogens is 399 g/mol. The van der Waals surface area contributed by atoms with Gasteiger partial charge in [0.2, 0.25) is 5.95 Å². The van der Waals surface area contributed by atoms with Gasteiger partial charge in [0, 0.05) is 25.5 Å². The van der Waals surface area contributed by atoms with E-state index in [2.05, 4.69) is 25.3 Å². The number of aromatic nitrogens is 2. The monoisotopic (exact) mass is 421 g/mol. The van der Waals surface area contributed by atoms with Crippen molar-refractivity contribution in [2.75, 3.05) is 25.1 Å². The van der Waals surface area contributed by atoms with Gasteiger partial charge in [-0.05, 0) is 55.0 Å². The molecule has 30 heavy (non-hydrogen) atoms. The number of carbonyl (C=O) groups excluding carboxylic acids is 1. The lowest BCUT2D eigenvalue weighted by Gasteiger charge is -2.27. The molecule has 0 atom stereocenters. The van der Waals surface area contributed by atoms with Crippen molar-refractivity contribution in [3.05, 3.63) is 47.3 Å². The number of nitrogens with one attached hydrogen (secondary N) is 2. The van der Waals surface area contributed by atoms with Crippen molar-refractivity contribution in [1.82, 2.24) is 20.2 Å². The maximum absolute atomic E-state index is 12.6. The van der Waals surface area contributed by atoms with Gasteiger partial charge < -0.3 is 15.0 Å². The molecule has 1 saturated heterocycles. The zero-order valence-electron chi connectivity index (χ0n) is 16.2. The summed E-state index contributed by atoms with van der Waals surface area (Å²) < 4.78 is 42.0. The molecule has 0 unspecified atom stereocenters. The topological polar surface area (TPSA) is 79.4 Å². The second kappa shape index (κ2) is 8.47. The van der Waals surface area contributed by atoms with Crippen LogP contribution < -0.4 is 15.4 Å². The maximum atomic E-state index is 12.6. The summed E-state index contributed by atoms with van der Waals surface area (Å²) in [6.45, 7) is 2.31. The molecule has 7 nitrogen and oxygen atoms in total. The summed E-state index contributed by atoms with van der Waals surface area (Å²) in [5, 5.41) is 6.13. The SMILES string of the molecule is O=C(c1cnc(NCc2cc(OC(F)(F)F)cc(C3CC3)c2)nc1)N1CCCNC1. The zero-order chi connectivity index (χ0) is 21.1. The van der Waals surface area contributed by atoms with Crippen molar-refractivity contribution >= 4 is 11.9 Å². The first-order chi connectivity index (χ1) is 14.4. The number of amides is 1. The fourth-order valence-electron chi connectivity index (χ4n) is 3.39. The van der Waals surface area contributed by atoms with Gasteiger partial charge in [-0.1, -0.05) is 6.07 Å². The van der Waals surface area contributed by atoms with Crippen LogP contribution >= 0.6 is 0 Å². The van der Waals surface area contributed by atoms with E-state index in [-0.39, 0.29) is 24.1 Å². The Morgan fingerprint density at radius 1 is 1.23 bits per heavy atom. The third-order valence-electron chi connectivity index (χ3n) is 4.99. The molecule has 2 fully saturated rings. The van der Waals surface area contributed by atoms with Gasteiger partial charge >= 0.3 is 6.36 Å². The lowest BCUT2D eigenvalue weighted by atomic mass is 10.1. The van der Waals surface area contributed by atoms with E-state index in [0.717, 1.165) is 31.4 Å². The van der Waals surface area contributed by atoms with Gasteiger partial charge in [-0.25, -0.2) is 9.97 Å². The number of benzene rings is 1. The van der Waals surface area contributed by atoms with Crippen LogP contribution in [-0.2, 0) is 6.54 Å². The third-order valence-corrected chi connectivity index (χ3v) is 4.99. The van der Waals surface area contributed by atoms with E-state index in [1.54, 1.807) is 4.90 Å². The van der Waals surface area contributed by atoms with Gasteiger partial charge in [0.05, 0.1) is 12.2 Å². The predicted molar refractivity (Wildman–Crippen MR) is 103 cm³/mol. The molecule has 1 amide bonds. The molecule has 1 aliphatic heterocycles. The lowest BCUT2D eigenvalue weighted by Crippen LogP contribution is -2.44. The van der Waals surface area contributed by atoms with Crippen LogP contribution in [0.2, 0.25) is 0 Å². The van der Waals surface area contributed by atoms with Crippen molar-refractivity contribution < 1.29 is 22.7 Å². The fourth-order valence-corrected chi connectivity index (χ4v) is 3.39. The molecule has 10 heteroatoms. The number of ether oxygens (including phenoxy) is 1. The molecule has 2 N–H and O–H groups in total. The van der Waals surface area contributed by atoms with Gasteiger partial charge in [-0.3, -0.25) is 10.1 Å². The van der Waals surface area contributed by atoms with E-state index < -0.39 is 6.36 Å². The number of carbonyl (C=O) groups is 1. The van der Waals surface area contributed by atoms with E-state index in [1.165, 1.54) is 24.5 Å². The van der Waals surface area contributed by atoms with Crippen LogP contribution in [0, 0.1) is 0 Å². The predicted octanol–water partition coefficient (Wildman–Crippen LogP) is 3.26. The third kappa shape index (κ3) is 5.38. The van der Waals surface area contributed by atoms with Crippen LogP contribution in [0.25, 0.3) is 0 Å². The first-order valence-corrected chi connectivity index (χ1v) is 9.83. The molecule has 4 rings (SSSR count). The average molecular weight is 421 g/mol. The molecule has 1 aromatic heterocycles. The number of rotatable bonds is 6. The van der Waals surface area contributed by atoms with E-state index in [4.69, 9.17) is 0 Å². The normalized spacial score (nSPS) is 17.0. The minimum Gasteiger partial charge on any atom is -0.406 e. The minimum absolute atomic E-state index is 0.139. The summed E-state index contributed by atoms with van der Waals surface area (Å²) in [5.74, 6) is 0.213. The Labute approximate surface area is 171 Å². The lowest BCUT2D eigenvalue weighted by molar-refractivity contribution is -0.274. The number of alkyl halides is 3. The van der Waals surface area contributed by atoms with Crippen LogP contribution in [0.3, 0.4) is 0 Å². The van der Waals surface area contributed by atoms with Crippen LogP contribution in [0.1, 0.15) is 46.7 Å². The number of anilines is 1.